The fraction of sp³-hybridized carbons (Fsp3) is 0.478. The first kappa shape index (κ1) is 23.3. The van der Waals surface area contributed by atoms with E-state index in [4.69, 9.17) is 14.2 Å². The van der Waals surface area contributed by atoms with Crippen molar-refractivity contribution >= 4 is 34.7 Å². The van der Waals surface area contributed by atoms with E-state index in [1.165, 1.54) is 4.90 Å². The smallest absolute Gasteiger partial charge is 0.340 e. The van der Waals surface area contributed by atoms with Gasteiger partial charge < -0.3 is 18.8 Å². The molecule has 2 amide bonds. The molecule has 1 saturated heterocycles. The molecule has 0 radical (unpaired) electrons. The Morgan fingerprint density at radius 2 is 1.84 bits per heavy atom. The first-order valence-electron chi connectivity index (χ1n) is 10.8. The molecule has 0 spiro atoms. The zero-order chi connectivity index (χ0) is 23.3. The number of hydrogen-bond acceptors (Lipinski definition) is 7. The maximum Gasteiger partial charge on any atom is 0.340 e. The molecule has 3 rings (SSSR count). The summed E-state index contributed by atoms with van der Waals surface area (Å²) in [6.07, 6.45) is 2.45. The predicted octanol–water partition coefficient (Wildman–Crippen LogP) is 2.54. The molecular weight excluding hydrogens is 416 g/mol. The van der Waals surface area contributed by atoms with Crippen LogP contribution in [0.2, 0.25) is 0 Å². The van der Waals surface area contributed by atoms with Crippen molar-refractivity contribution in [2.24, 2.45) is 5.92 Å². The van der Waals surface area contributed by atoms with Gasteiger partial charge in [0.1, 0.15) is 18.9 Å². The third-order valence-electron chi connectivity index (χ3n) is 5.37. The minimum absolute atomic E-state index is 0.0400. The molecule has 1 unspecified atom stereocenters. The lowest BCUT2D eigenvalue weighted by atomic mass is 10.1. The summed E-state index contributed by atoms with van der Waals surface area (Å²) in [4.78, 5) is 49.9. The minimum Gasteiger partial charge on any atom is -0.492 e. The quantitative estimate of drug-likeness (QED) is 0.410. The van der Waals surface area contributed by atoms with E-state index < -0.39 is 11.9 Å². The molecule has 172 valence electrons. The second kappa shape index (κ2) is 10.3. The molecule has 32 heavy (non-hydrogen) atoms. The molecule has 0 bridgehead atoms. The molecule has 2 heterocycles. The lowest BCUT2D eigenvalue weighted by Crippen LogP contribution is -2.34. The van der Waals surface area contributed by atoms with Gasteiger partial charge in [-0.25, -0.2) is 4.79 Å². The van der Waals surface area contributed by atoms with Gasteiger partial charge in [0.15, 0.2) is 0 Å². The standard InChI is InChI=1S/C23H28N2O7/c1-4-15-11-20(26)25(22(15)28)9-10-32-16-7-8-19-17(12-16)18(23(29)31-6-3)13-24(19)14-21(27)30-5-2/h7-8,12-13,15H,4-6,9-11,14H2,1-3H3. The Balaban J connectivity index is 1.78. The molecule has 9 nitrogen and oxygen atoms in total. The number of carbonyl (C=O) groups is 4. The second-order valence-electron chi connectivity index (χ2n) is 7.42. The fourth-order valence-corrected chi connectivity index (χ4v) is 3.77. The van der Waals surface area contributed by atoms with Gasteiger partial charge in [-0.2, -0.15) is 0 Å². The number of rotatable bonds is 10. The highest BCUT2D eigenvalue weighted by Crippen LogP contribution is 2.27. The van der Waals surface area contributed by atoms with Crippen molar-refractivity contribution in [1.29, 1.82) is 0 Å². The molecule has 0 N–H and O–H groups in total. The van der Waals surface area contributed by atoms with Crippen LogP contribution in [0, 0.1) is 5.92 Å². The lowest BCUT2D eigenvalue weighted by Gasteiger charge is -2.15. The molecule has 2 aromatic rings. The van der Waals surface area contributed by atoms with Crippen LogP contribution in [-0.4, -0.2) is 59.6 Å². The van der Waals surface area contributed by atoms with Crippen LogP contribution >= 0.6 is 0 Å². The summed E-state index contributed by atoms with van der Waals surface area (Å²) in [7, 11) is 0. The second-order valence-corrected chi connectivity index (χ2v) is 7.42. The Morgan fingerprint density at radius 3 is 2.50 bits per heavy atom. The van der Waals surface area contributed by atoms with Crippen LogP contribution in [0.5, 0.6) is 5.75 Å². The zero-order valence-electron chi connectivity index (χ0n) is 18.6. The molecule has 1 aliphatic heterocycles. The Bertz CT molecular complexity index is 1030. The molecule has 0 saturated carbocycles. The molecule has 1 atom stereocenters. The molecule has 1 aliphatic rings. The normalized spacial score (nSPS) is 16.0. The Labute approximate surface area is 186 Å². The van der Waals surface area contributed by atoms with Crippen LogP contribution < -0.4 is 4.74 Å². The summed E-state index contributed by atoms with van der Waals surface area (Å²) < 4.78 is 17.6. The number of aromatic nitrogens is 1. The zero-order valence-corrected chi connectivity index (χ0v) is 18.6. The molecule has 9 heteroatoms. The van der Waals surface area contributed by atoms with Crippen molar-refractivity contribution in [1.82, 2.24) is 9.47 Å². The number of hydrogen-bond donors (Lipinski definition) is 0. The average molecular weight is 444 g/mol. The number of amides is 2. The van der Waals surface area contributed by atoms with Crippen molar-refractivity contribution in [3.8, 4) is 5.75 Å². The highest BCUT2D eigenvalue weighted by atomic mass is 16.5. The Kier molecular flexibility index (Phi) is 7.50. The van der Waals surface area contributed by atoms with Gasteiger partial charge in [0.2, 0.25) is 11.8 Å². The van der Waals surface area contributed by atoms with Gasteiger partial charge in [-0.05, 0) is 38.5 Å². The third kappa shape index (κ3) is 4.92. The summed E-state index contributed by atoms with van der Waals surface area (Å²) >= 11 is 0. The Morgan fingerprint density at radius 1 is 1.09 bits per heavy atom. The average Bonchev–Trinajstić information content (AvgIpc) is 3.25. The number of nitrogens with zero attached hydrogens (tertiary/aromatic N) is 2. The Hall–Kier alpha value is -3.36. The maximum atomic E-state index is 12.4. The number of ether oxygens (including phenoxy) is 3. The van der Waals surface area contributed by atoms with Crippen molar-refractivity contribution in [3.63, 3.8) is 0 Å². The van der Waals surface area contributed by atoms with Gasteiger partial charge in [-0.3, -0.25) is 19.3 Å². The van der Waals surface area contributed by atoms with Crippen molar-refractivity contribution in [2.45, 2.75) is 40.2 Å². The van der Waals surface area contributed by atoms with E-state index in [1.807, 2.05) is 6.92 Å². The van der Waals surface area contributed by atoms with E-state index in [1.54, 1.807) is 42.8 Å². The highest BCUT2D eigenvalue weighted by molar-refractivity contribution is 6.05. The van der Waals surface area contributed by atoms with E-state index in [0.717, 1.165) is 0 Å². The van der Waals surface area contributed by atoms with E-state index in [-0.39, 0.29) is 57.1 Å². The van der Waals surface area contributed by atoms with Crippen LogP contribution in [0.1, 0.15) is 44.0 Å². The number of carbonyl (C=O) groups excluding carboxylic acids is 4. The molecule has 1 fully saturated rings. The van der Waals surface area contributed by atoms with Crippen molar-refractivity contribution in [2.75, 3.05) is 26.4 Å². The summed E-state index contributed by atoms with van der Waals surface area (Å²) in [5, 5.41) is 0.574. The summed E-state index contributed by atoms with van der Waals surface area (Å²) in [6.45, 7) is 6.08. The molecule has 1 aromatic carbocycles. The number of esters is 2. The van der Waals surface area contributed by atoms with Crippen LogP contribution in [0.25, 0.3) is 10.9 Å². The molecule has 0 aliphatic carbocycles. The lowest BCUT2D eigenvalue weighted by molar-refractivity contribution is -0.144. The fourth-order valence-electron chi connectivity index (χ4n) is 3.77. The van der Waals surface area contributed by atoms with Gasteiger partial charge in [-0.15, -0.1) is 0 Å². The summed E-state index contributed by atoms with van der Waals surface area (Å²) in [6, 6.07) is 5.14. The van der Waals surface area contributed by atoms with Crippen LogP contribution in [0.3, 0.4) is 0 Å². The van der Waals surface area contributed by atoms with Gasteiger partial charge in [0.25, 0.3) is 0 Å². The van der Waals surface area contributed by atoms with Gasteiger partial charge in [0.05, 0.1) is 25.3 Å². The number of likely N-dealkylation sites (tertiary alicyclic amines) is 1. The van der Waals surface area contributed by atoms with Crippen molar-refractivity contribution in [3.05, 3.63) is 30.0 Å². The first-order chi connectivity index (χ1) is 15.4. The third-order valence-corrected chi connectivity index (χ3v) is 5.37. The van der Waals surface area contributed by atoms with E-state index in [0.29, 0.717) is 28.6 Å². The monoisotopic (exact) mass is 444 g/mol. The van der Waals surface area contributed by atoms with Gasteiger partial charge >= 0.3 is 11.9 Å². The number of benzene rings is 1. The van der Waals surface area contributed by atoms with Crippen molar-refractivity contribution < 1.29 is 33.4 Å². The SMILES string of the molecule is CCOC(=O)Cn1cc(C(=O)OCC)c2cc(OCCN3C(=O)CC(CC)C3=O)ccc21. The van der Waals surface area contributed by atoms with Crippen LogP contribution in [0.4, 0.5) is 0 Å². The molecule has 1 aromatic heterocycles. The van der Waals surface area contributed by atoms with E-state index in [9.17, 15) is 19.2 Å². The molecular formula is C23H28N2O7. The van der Waals surface area contributed by atoms with E-state index >= 15 is 0 Å². The topological polar surface area (TPSA) is 104 Å². The first-order valence-corrected chi connectivity index (χ1v) is 10.8. The van der Waals surface area contributed by atoms with Gasteiger partial charge in [-0.1, -0.05) is 6.92 Å². The number of imide groups is 1. The van der Waals surface area contributed by atoms with Crippen LogP contribution in [0.15, 0.2) is 24.4 Å². The largest absolute Gasteiger partial charge is 0.492 e. The predicted molar refractivity (Wildman–Crippen MR) is 115 cm³/mol. The summed E-state index contributed by atoms with van der Waals surface area (Å²) in [5.41, 5.74) is 0.969. The highest BCUT2D eigenvalue weighted by Gasteiger charge is 2.36. The minimum atomic E-state index is -0.504. The van der Waals surface area contributed by atoms with Gasteiger partial charge in [0, 0.05) is 29.4 Å². The number of fused-ring (bicyclic) bond motifs is 1. The maximum absolute atomic E-state index is 12.4. The van der Waals surface area contributed by atoms with E-state index in [2.05, 4.69) is 0 Å². The summed E-state index contributed by atoms with van der Waals surface area (Å²) in [5.74, 6) is -1.02. The van der Waals surface area contributed by atoms with Crippen LogP contribution in [-0.2, 0) is 30.4 Å².